The van der Waals surface area contributed by atoms with Crippen LogP contribution in [0.5, 0.6) is 0 Å². The van der Waals surface area contributed by atoms with Crippen LogP contribution < -0.4 is 0 Å². The molecule has 1 aliphatic rings. The van der Waals surface area contributed by atoms with E-state index in [9.17, 15) is 9.59 Å². The number of likely N-dealkylation sites (N-methyl/N-ethyl adjacent to an activating group) is 1. The van der Waals surface area contributed by atoms with Crippen molar-refractivity contribution < 1.29 is 14.7 Å². The largest absolute Gasteiger partial charge is 0.478 e. The van der Waals surface area contributed by atoms with E-state index in [0.717, 1.165) is 5.56 Å². The van der Waals surface area contributed by atoms with Gasteiger partial charge in [0.25, 0.3) is 5.91 Å². The topological polar surface area (TPSA) is 70.0 Å². The molecule has 1 N–H and O–H groups in total. The van der Waals surface area contributed by atoms with Crippen LogP contribution in [-0.4, -0.2) is 33.6 Å². The summed E-state index contributed by atoms with van der Waals surface area (Å²) in [6.45, 7) is 4.44. The number of amides is 1. The first kappa shape index (κ1) is 17.9. The predicted octanol–water partition coefficient (Wildman–Crippen LogP) is 4.32. The summed E-state index contributed by atoms with van der Waals surface area (Å²) < 4.78 is 0. The van der Waals surface area contributed by atoms with Crippen LogP contribution in [0.3, 0.4) is 0 Å². The third-order valence-corrected chi connectivity index (χ3v) is 4.93. The Morgan fingerprint density at radius 2 is 1.81 bits per heavy atom. The fraction of sp³-hybridized carbons (Fsp3) is 0.150. The van der Waals surface area contributed by atoms with Gasteiger partial charge < -0.3 is 5.11 Å². The molecule has 5 nitrogen and oxygen atoms in total. The van der Waals surface area contributed by atoms with Gasteiger partial charge in [-0.3, -0.25) is 9.69 Å². The van der Waals surface area contributed by atoms with Crippen LogP contribution in [0.2, 0.25) is 0 Å². The number of benzene rings is 2. The van der Waals surface area contributed by atoms with Gasteiger partial charge in [-0.1, -0.05) is 29.8 Å². The number of carboxylic acid groups (broad SMARTS) is 1. The van der Waals surface area contributed by atoms with Gasteiger partial charge in [-0.05, 0) is 61.5 Å². The fourth-order valence-corrected chi connectivity index (χ4v) is 3.54. The number of carbonyl (C=O) groups excluding carboxylic acids is 1. The highest BCUT2D eigenvalue weighted by molar-refractivity contribution is 8.18. The van der Waals surface area contributed by atoms with Crippen LogP contribution in [0.15, 0.2) is 58.4 Å². The van der Waals surface area contributed by atoms with Gasteiger partial charge in [0.1, 0.15) is 0 Å². The molecule has 6 heteroatoms. The second-order valence-electron chi connectivity index (χ2n) is 5.82. The number of aliphatic imine (C=N–C) groups is 1. The minimum atomic E-state index is -0.979. The van der Waals surface area contributed by atoms with Gasteiger partial charge in [-0.2, -0.15) is 0 Å². The quantitative estimate of drug-likeness (QED) is 0.818. The number of carboxylic acids is 1. The van der Waals surface area contributed by atoms with Crippen molar-refractivity contribution in [3.63, 3.8) is 0 Å². The Morgan fingerprint density at radius 3 is 2.38 bits per heavy atom. The molecule has 0 saturated carbocycles. The lowest BCUT2D eigenvalue weighted by Crippen LogP contribution is -2.28. The zero-order chi connectivity index (χ0) is 18.7. The van der Waals surface area contributed by atoms with Crippen LogP contribution in [0, 0.1) is 6.92 Å². The van der Waals surface area contributed by atoms with Crippen molar-refractivity contribution >= 4 is 40.6 Å². The Kier molecular flexibility index (Phi) is 5.23. The molecule has 26 heavy (non-hydrogen) atoms. The number of thioether (sulfide) groups is 1. The Balaban J connectivity index is 1.89. The number of carbonyl (C=O) groups is 2. The fourth-order valence-electron chi connectivity index (χ4n) is 2.47. The molecule has 0 aromatic heterocycles. The average Bonchev–Trinajstić information content (AvgIpc) is 2.92. The van der Waals surface area contributed by atoms with Crippen molar-refractivity contribution in [2.45, 2.75) is 13.8 Å². The summed E-state index contributed by atoms with van der Waals surface area (Å²) in [6.07, 6.45) is 1.87. The molecule has 1 amide bonds. The van der Waals surface area contributed by atoms with Gasteiger partial charge in [0.2, 0.25) is 0 Å². The first-order chi connectivity index (χ1) is 12.5. The van der Waals surface area contributed by atoms with E-state index in [-0.39, 0.29) is 11.5 Å². The third-order valence-electron chi connectivity index (χ3n) is 3.92. The molecule has 132 valence electrons. The number of amidine groups is 1. The van der Waals surface area contributed by atoms with Crippen molar-refractivity contribution in [2.24, 2.45) is 4.99 Å². The number of aromatic carboxylic acids is 1. The highest BCUT2D eigenvalue weighted by Crippen LogP contribution is 2.34. The lowest BCUT2D eigenvalue weighted by molar-refractivity contribution is -0.122. The van der Waals surface area contributed by atoms with E-state index in [1.807, 2.05) is 44.2 Å². The van der Waals surface area contributed by atoms with Gasteiger partial charge in [0.05, 0.1) is 16.2 Å². The zero-order valence-corrected chi connectivity index (χ0v) is 15.3. The van der Waals surface area contributed by atoms with Crippen molar-refractivity contribution in [3.05, 3.63) is 70.1 Å². The molecular formula is C20H18N2O3S. The summed E-state index contributed by atoms with van der Waals surface area (Å²) in [5.41, 5.74) is 2.95. The molecule has 3 rings (SSSR count). The lowest BCUT2D eigenvalue weighted by atomic mass is 10.1. The first-order valence-corrected chi connectivity index (χ1v) is 8.99. The second kappa shape index (κ2) is 7.58. The monoisotopic (exact) mass is 366 g/mol. The van der Waals surface area contributed by atoms with Crippen LogP contribution in [0.25, 0.3) is 6.08 Å². The number of hydrogen-bond acceptors (Lipinski definition) is 4. The summed E-state index contributed by atoms with van der Waals surface area (Å²) >= 11 is 1.33. The smallest absolute Gasteiger partial charge is 0.335 e. The molecule has 2 aromatic rings. The summed E-state index contributed by atoms with van der Waals surface area (Å²) in [5, 5.41) is 9.56. The van der Waals surface area contributed by atoms with Gasteiger partial charge in [0.15, 0.2) is 5.17 Å². The first-order valence-electron chi connectivity index (χ1n) is 8.18. The van der Waals surface area contributed by atoms with E-state index in [2.05, 4.69) is 4.99 Å². The number of aryl methyl sites for hydroxylation is 1. The SMILES string of the molecule is CCN1C(=O)/C(=C\c2ccc(C)cc2)SC1=Nc1ccc(C(=O)O)cc1. The zero-order valence-electron chi connectivity index (χ0n) is 14.5. The van der Waals surface area contributed by atoms with Crippen molar-refractivity contribution in [3.8, 4) is 0 Å². The number of hydrogen-bond donors (Lipinski definition) is 1. The lowest BCUT2D eigenvalue weighted by Gasteiger charge is -2.12. The Hall–Kier alpha value is -2.86. The Morgan fingerprint density at radius 1 is 1.15 bits per heavy atom. The standard InChI is InChI=1S/C20H18N2O3S/c1-3-22-18(23)17(12-14-6-4-13(2)5-7-14)26-20(22)21-16-10-8-15(9-11-16)19(24)25/h4-12H,3H2,1-2H3,(H,24,25)/b17-12+,21-20?. The summed E-state index contributed by atoms with van der Waals surface area (Å²) in [5.74, 6) is -1.05. The van der Waals surface area contributed by atoms with Crippen LogP contribution in [0.1, 0.15) is 28.4 Å². The molecule has 1 heterocycles. The molecule has 2 aromatic carbocycles. The van der Waals surface area contributed by atoms with E-state index in [1.165, 1.54) is 29.5 Å². The third kappa shape index (κ3) is 3.86. The average molecular weight is 366 g/mol. The van der Waals surface area contributed by atoms with Crippen LogP contribution in [0.4, 0.5) is 5.69 Å². The van der Waals surface area contributed by atoms with Gasteiger partial charge in [0, 0.05) is 6.54 Å². The Bertz CT molecular complexity index is 900. The number of rotatable bonds is 4. The summed E-state index contributed by atoms with van der Waals surface area (Å²) in [4.78, 5) is 30.3. The molecule has 1 aliphatic heterocycles. The maximum absolute atomic E-state index is 12.6. The molecule has 0 spiro atoms. The van der Waals surface area contributed by atoms with Gasteiger partial charge >= 0.3 is 5.97 Å². The molecule has 0 radical (unpaired) electrons. The number of nitrogens with zero attached hydrogens (tertiary/aromatic N) is 2. The Labute approximate surface area is 156 Å². The van der Waals surface area contributed by atoms with E-state index in [0.29, 0.717) is 22.3 Å². The molecule has 0 bridgehead atoms. The van der Waals surface area contributed by atoms with Gasteiger partial charge in [-0.25, -0.2) is 9.79 Å². The van der Waals surface area contributed by atoms with Crippen LogP contribution >= 0.6 is 11.8 Å². The normalized spacial score (nSPS) is 17.3. The maximum atomic E-state index is 12.6. The minimum Gasteiger partial charge on any atom is -0.478 e. The van der Waals surface area contributed by atoms with E-state index >= 15 is 0 Å². The van der Waals surface area contributed by atoms with Crippen molar-refractivity contribution in [2.75, 3.05) is 6.54 Å². The van der Waals surface area contributed by atoms with E-state index in [4.69, 9.17) is 5.11 Å². The molecule has 0 aliphatic carbocycles. The van der Waals surface area contributed by atoms with E-state index < -0.39 is 5.97 Å². The summed E-state index contributed by atoms with van der Waals surface area (Å²) in [7, 11) is 0. The van der Waals surface area contributed by atoms with Crippen LogP contribution in [-0.2, 0) is 4.79 Å². The minimum absolute atomic E-state index is 0.0704. The molecule has 1 saturated heterocycles. The predicted molar refractivity (Wildman–Crippen MR) is 105 cm³/mol. The maximum Gasteiger partial charge on any atom is 0.335 e. The van der Waals surface area contributed by atoms with Crippen molar-refractivity contribution in [1.29, 1.82) is 0 Å². The molecule has 1 fully saturated rings. The van der Waals surface area contributed by atoms with Crippen molar-refractivity contribution in [1.82, 2.24) is 4.90 Å². The van der Waals surface area contributed by atoms with Gasteiger partial charge in [-0.15, -0.1) is 0 Å². The molecule has 0 unspecified atom stereocenters. The molecule has 0 atom stereocenters. The summed E-state index contributed by atoms with van der Waals surface area (Å²) in [6, 6.07) is 14.2. The second-order valence-corrected chi connectivity index (χ2v) is 6.83. The highest BCUT2D eigenvalue weighted by atomic mass is 32.2. The highest BCUT2D eigenvalue weighted by Gasteiger charge is 2.32. The van der Waals surface area contributed by atoms with E-state index in [1.54, 1.807) is 17.0 Å². The molecular weight excluding hydrogens is 348 g/mol.